The number of hydrogen-bond acceptors (Lipinski definition) is 4. The lowest BCUT2D eigenvalue weighted by molar-refractivity contribution is 0.587. The summed E-state index contributed by atoms with van der Waals surface area (Å²) in [5, 5.41) is 4.91. The Morgan fingerprint density at radius 1 is 1.12 bits per heavy atom. The molecule has 1 rings (SSSR count). The van der Waals surface area contributed by atoms with Crippen LogP contribution in [-0.2, 0) is 26.6 Å². The Bertz CT molecular complexity index is 561. The highest BCUT2D eigenvalue weighted by Gasteiger charge is 2.07. The molecule has 0 saturated carbocycles. The van der Waals surface area contributed by atoms with E-state index < -0.39 is 20.0 Å². The molecule has 0 aliphatic heterocycles. The number of sulfonamides is 2. The van der Waals surface area contributed by atoms with Gasteiger partial charge in [-0.15, -0.1) is 0 Å². The average molecular weight is 264 g/mol. The van der Waals surface area contributed by atoms with Crippen LogP contribution in [0.4, 0.5) is 0 Å². The third-order valence-electron chi connectivity index (χ3n) is 1.79. The molecule has 1 aromatic rings. The summed E-state index contributed by atoms with van der Waals surface area (Å²) in [4.78, 5) is -0.00407. The van der Waals surface area contributed by atoms with Gasteiger partial charge in [-0.2, -0.15) is 0 Å². The first-order valence-electron chi connectivity index (χ1n) is 4.25. The molecule has 0 aromatic heterocycles. The Hall–Kier alpha value is -0.960. The zero-order valence-electron chi connectivity index (χ0n) is 8.54. The molecule has 0 heterocycles. The maximum atomic E-state index is 10.9. The van der Waals surface area contributed by atoms with Crippen LogP contribution in [-0.4, -0.2) is 23.1 Å². The van der Waals surface area contributed by atoms with E-state index in [1.165, 1.54) is 24.3 Å². The lowest BCUT2D eigenvalue weighted by Gasteiger charge is -2.03. The van der Waals surface area contributed by atoms with Crippen LogP contribution in [0.15, 0.2) is 29.2 Å². The Balaban J connectivity index is 2.81. The summed E-state index contributed by atoms with van der Waals surface area (Å²) in [5.41, 5.74) is 0.651. The minimum Gasteiger partial charge on any atom is -0.225 e. The van der Waals surface area contributed by atoms with Crippen LogP contribution in [0, 0.1) is 0 Å². The van der Waals surface area contributed by atoms with E-state index >= 15 is 0 Å². The van der Waals surface area contributed by atoms with E-state index in [0.29, 0.717) is 5.56 Å². The minimum atomic E-state index is -3.70. The fraction of sp³-hybridized carbons (Fsp3) is 0.250. The topological polar surface area (TPSA) is 106 Å². The van der Waals surface area contributed by atoms with Crippen LogP contribution in [0.3, 0.4) is 0 Å². The molecule has 1 aromatic carbocycles. The number of hydrogen-bond donors (Lipinski definition) is 2. The summed E-state index contributed by atoms with van der Waals surface area (Å²) < 4.78 is 45.8. The Morgan fingerprint density at radius 3 is 2.00 bits per heavy atom. The van der Waals surface area contributed by atoms with Crippen molar-refractivity contribution in [1.29, 1.82) is 0 Å². The molecule has 0 spiro atoms. The molecular formula is C8H12N2O4S2. The first-order chi connectivity index (χ1) is 7.18. The standard InChI is InChI=1S/C8H12N2O4S2/c1-15(11,12)10-6-7-2-4-8(5-3-7)16(9,13)14/h2-5,10H,6H2,1H3,(H2,9,13,14). The van der Waals surface area contributed by atoms with Crippen LogP contribution in [0.1, 0.15) is 5.56 Å². The monoisotopic (exact) mass is 264 g/mol. The quantitative estimate of drug-likeness (QED) is 0.756. The smallest absolute Gasteiger partial charge is 0.225 e. The summed E-state index contributed by atoms with van der Waals surface area (Å²) in [6.45, 7) is 0.115. The van der Waals surface area contributed by atoms with Gasteiger partial charge in [0.05, 0.1) is 11.2 Å². The number of benzene rings is 1. The summed E-state index contributed by atoms with van der Waals surface area (Å²) >= 11 is 0. The average Bonchev–Trinajstić information content (AvgIpc) is 2.13. The maximum absolute atomic E-state index is 10.9. The van der Waals surface area contributed by atoms with Crippen LogP contribution in [0.5, 0.6) is 0 Å². The molecule has 8 heteroatoms. The van der Waals surface area contributed by atoms with Crippen molar-refractivity contribution in [2.24, 2.45) is 5.14 Å². The third kappa shape index (κ3) is 4.27. The lowest BCUT2D eigenvalue weighted by atomic mass is 10.2. The van der Waals surface area contributed by atoms with Gasteiger partial charge in [-0.3, -0.25) is 0 Å². The molecule has 3 N–H and O–H groups in total. The molecule has 0 fully saturated rings. The van der Waals surface area contributed by atoms with E-state index in [4.69, 9.17) is 5.14 Å². The van der Waals surface area contributed by atoms with Gasteiger partial charge in [0.25, 0.3) is 0 Å². The van der Waals surface area contributed by atoms with Gasteiger partial charge < -0.3 is 0 Å². The van der Waals surface area contributed by atoms with Crippen LogP contribution in [0.25, 0.3) is 0 Å². The van der Waals surface area contributed by atoms with Gasteiger partial charge in [-0.05, 0) is 17.7 Å². The van der Waals surface area contributed by atoms with Crippen molar-refractivity contribution in [3.63, 3.8) is 0 Å². The SMILES string of the molecule is CS(=O)(=O)NCc1ccc(S(N)(=O)=O)cc1. The summed E-state index contributed by atoms with van der Waals surface area (Å²) in [6.07, 6.45) is 1.05. The third-order valence-corrected chi connectivity index (χ3v) is 3.39. The predicted octanol–water partition coefficient (Wildman–Crippen LogP) is -0.617. The van der Waals surface area contributed by atoms with Crippen LogP contribution < -0.4 is 9.86 Å². The highest BCUT2D eigenvalue weighted by molar-refractivity contribution is 7.89. The summed E-state index contributed by atoms with van der Waals surface area (Å²) in [5.74, 6) is 0. The number of nitrogens with two attached hydrogens (primary N) is 1. The van der Waals surface area contributed by atoms with E-state index in [1.807, 2.05) is 0 Å². The van der Waals surface area contributed by atoms with Gasteiger partial charge in [-0.1, -0.05) is 12.1 Å². The van der Waals surface area contributed by atoms with Crippen molar-refractivity contribution >= 4 is 20.0 Å². The fourth-order valence-corrected chi connectivity index (χ4v) is 1.96. The van der Waals surface area contributed by atoms with Crippen molar-refractivity contribution in [2.75, 3.05) is 6.26 Å². The van der Waals surface area contributed by atoms with E-state index in [0.717, 1.165) is 6.26 Å². The molecule has 0 aliphatic rings. The molecule has 0 saturated heterocycles. The fourth-order valence-electron chi connectivity index (χ4n) is 1.01. The van der Waals surface area contributed by atoms with E-state index in [2.05, 4.69) is 4.72 Å². The summed E-state index contributed by atoms with van der Waals surface area (Å²) in [7, 11) is -6.96. The zero-order chi connectivity index (χ0) is 12.4. The van der Waals surface area contributed by atoms with Gasteiger partial charge in [0, 0.05) is 6.54 Å². The van der Waals surface area contributed by atoms with Gasteiger partial charge in [0.15, 0.2) is 0 Å². The first kappa shape index (κ1) is 13.1. The Labute approximate surface area is 94.6 Å². The second-order valence-corrected chi connectivity index (χ2v) is 6.68. The summed E-state index contributed by atoms with van der Waals surface area (Å²) in [6, 6.07) is 5.65. The second-order valence-electron chi connectivity index (χ2n) is 3.28. The normalized spacial score (nSPS) is 12.6. The van der Waals surface area contributed by atoms with Gasteiger partial charge in [-0.25, -0.2) is 26.7 Å². The van der Waals surface area contributed by atoms with Crippen molar-refractivity contribution in [1.82, 2.24) is 4.72 Å². The molecule has 90 valence electrons. The first-order valence-corrected chi connectivity index (χ1v) is 7.69. The number of primary sulfonamides is 1. The predicted molar refractivity (Wildman–Crippen MR) is 59.5 cm³/mol. The Kier molecular flexibility index (Phi) is 3.68. The van der Waals surface area contributed by atoms with Gasteiger partial charge >= 0.3 is 0 Å². The molecular weight excluding hydrogens is 252 g/mol. The molecule has 16 heavy (non-hydrogen) atoms. The largest absolute Gasteiger partial charge is 0.238 e. The van der Waals surface area contributed by atoms with Crippen LogP contribution >= 0.6 is 0 Å². The Morgan fingerprint density at radius 2 is 1.62 bits per heavy atom. The van der Waals surface area contributed by atoms with Crippen molar-refractivity contribution < 1.29 is 16.8 Å². The lowest BCUT2D eigenvalue weighted by Crippen LogP contribution is -2.21. The number of nitrogens with one attached hydrogen (secondary N) is 1. The van der Waals surface area contributed by atoms with E-state index in [1.54, 1.807) is 0 Å². The molecule has 0 amide bonds. The van der Waals surface area contributed by atoms with Crippen molar-refractivity contribution in [2.45, 2.75) is 11.4 Å². The van der Waals surface area contributed by atoms with Crippen LogP contribution in [0.2, 0.25) is 0 Å². The molecule has 0 atom stereocenters. The molecule has 0 bridgehead atoms. The molecule has 0 unspecified atom stereocenters. The molecule has 0 aliphatic carbocycles. The number of rotatable bonds is 4. The van der Waals surface area contributed by atoms with Crippen molar-refractivity contribution in [3.8, 4) is 0 Å². The van der Waals surface area contributed by atoms with Gasteiger partial charge in [0.2, 0.25) is 20.0 Å². The second kappa shape index (κ2) is 4.50. The zero-order valence-corrected chi connectivity index (χ0v) is 10.2. The van der Waals surface area contributed by atoms with Crippen molar-refractivity contribution in [3.05, 3.63) is 29.8 Å². The molecule has 0 radical (unpaired) electrons. The molecule has 6 nitrogen and oxygen atoms in total. The highest BCUT2D eigenvalue weighted by Crippen LogP contribution is 2.08. The highest BCUT2D eigenvalue weighted by atomic mass is 32.2. The van der Waals surface area contributed by atoms with E-state index in [-0.39, 0.29) is 11.4 Å². The van der Waals surface area contributed by atoms with Gasteiger partial charge in [0.1, 0.15) is 0 Å². The maximum Gasteiger partial charge on any atom is 0.238 e. The minimum absolute atomic E-state index is 0.00407. The van der Waals surface area contributed by atoms with E-state index in [9.17, 15) is 16.8 Å².